The first-order valence-corrected chi connectivity index (χ1v) is 14.1. The van der Waals surface area contributed by atoms with Gasteiger partial charge < -0.3 is 19.5 Å². The van der Waals surface area contributed by atoms with Crippen molar-refractivity contribution in [3.05, 3.63) is 71.3 Å². The van der Waals surface area contributed by atoms with Crippen molar-refractivity contribution in [1.29, 1.82) is 0 Å². The van der Waals surface area contributed by atoms with Gasteiger partial charge in [-0.25, -0.2) is 4.79 Å². The maximum Gasteiger partial charge on any atom is 0.407 e. The highest BCUT2D eigenvalue weighted by Gasteiger charge is 2.40. The fourth-order valence-electron chi connectivity index (χ4n) is 3.37. The molecule has 2 aromatic carbocycles. The number of hydrogen-bond donors (Lipinski definition) is 2. The van der Waals surface area contributed by atoms with Gasteiger partial charge in [0.2, 0.25) is 0 Å². The van der Waals surface area contributed by atoms with Crippen molar-refractivity contribution in [2.75, 3.05) is 6.54 Å². The van der Waals surface area contributed by atoms with Crippen LogP contribution >= 0.6 is 0 Å². The van der Waals surface area contributed by atoms with Crippen LogP contribution in [0.15, 0.2) is 54.6 Å². The Hall–Kier alpha value is -2.15. The van der Waals surface area contributed by atoms with Crippen LogP contribution in [0, 0.1) is 0 Å². The average Bonchev–Trinajstić information content (AvgIpc) is 2.69. The lowest BCUT2D eigenvalue weighted by atomic mass is 9.93. The predicted molar refractivity (Wildman–Crippen MR) is 132 cm³/mol. The summed E-state index contributed by atoms with van der Waals surface area (Å²) in [5.41, 5.74) is 1.95. The first kappa shape index (κ1) is 26.1. The van der Waals surface area contributed by atoms with Gasteiger partial charge in [0, 0.05) is 5.54 Å². The molecule has 2 N–H and O–H groups in total. The SMILES string of the molecule is CC(C)(C)N(CC(O)c1ccccc1C(O[Si](C)(C)C(C)(C)C)c1ccccc1)C(=O)O. The van der Waals surface area contributed by atoms with Gasteiger partial charge in [0.15, 0.2) is 8.32 Å². The zero-order valence-corrected chi connectivity index (χ0v) is 21.7. The van der Waals surface area contributed by atoms with E-state index < -0.39 is 26.1 Å². The fourth-order valence-corrected chi connectivity index (χ4v) is 4.58. The van der Waals surface area contributed by atoms with Crippen LogP contribution < -0.4 is 0 Å². The van der Waals surface area contributed by atoms with E-state index in [1.165, 1.54) is 4.90 Å². The molecule has 0 aliphatic heterocycles. The van der Waals surface area contributed by atoms with Gasteiger partial charge >= 0.3 is 6.09 Å². The quantitative estimate of drug-likeness (QED) is 0.459. The van der Waals surface area contributed by atoms with Gasteiger partial charge in [-0.05, 0) is 55.6 Å². The van der Waals surface area contributed by atoms with Crippen LogP contribution in [0.3, 0.4) is 0 Å². The summed E-state index contributed by atoms with van der Waals surface area (Å²) in [5.74, 6) is 0. The van der Waals surface area contributed by atoms with Crippen molar-refractivity contribution in [2.45, 2.75) is 77.4 Å². The number of carbonyl (C=O) groups is 1. The molecule has 1 amide bonds. The van der Waals surface area contributed by atoms with E-state index in [-0.39, 0.29) is 17.7 Å². The molecule has 0 aromatic heterocycles. The molecule has 176 valence electrons. The molecule has 5 nitrogen and oxygen atoms in total. The van der Waals surface area contributed by atoms with Crippen molar-refractivity contribution in [2.24, 2.45) is 0 Å². The minimum atomic E-state index is -2.16. The summed E-state index contributed by atoms with van der Waals surface area (Å²) in [6, 6.07) is 17.7. The Morgan fingerprint density at radius 2 is 1.44 bits per heavy atom. The van der Waals surface area contributed by atoms with Crippen LogP contribution in [0.5, 0.6) is 0 Å². The molecule has 2 unspecified atom stereocenters. The van der Waals surface area contributed by atoms with E-state index in [2.05, 4.69) is 33.9 Å². The predicted octanol–water partition coefficient (Wildman–Crippen LogP) is 6.61. The Bertz CT molecular complexity index is 900. The van der Waals surface area contributed by atoms with Crippen molar-refractivity contribution in [1.82, 2.24) is 4.90 Å². The average molecular weight is 458 g/mol. The number of amides is 1. The summed E-state index contributed by atoms with van der Waals surface area (Å²) >= 11 is 0. The molecule has 0 saturated carbocycles. The lowest BCUT2D eigenvalue weighted by molar-refractivity contribution is 0.0546. The molecule has 0 bridgehead atoms. The van der Waals surface area contributed by atoms with Gasteiger partial charge in [0.05, 0.1) is 18.8 Å². The summed E-state index contributed by atoms with van der Waals surface area (Å²) in [5, 5.41) is 20.9. The summed E-state index contributed by atoms with van der Waals surface area (Å²) in [6.45, 7) is 16.5. The molecule has 32 heavy (non-hydrogen) atoms. The number of hydrogen-bond acceptors (Lipinski definition) is 3. The summed E-state index contributed by atoms with van der Waals surface area (Å²) in [6.07, 6.45) is -2.38. The van der Waals surface area contributed by atoms with Gasteiger partial charge in [0.25, 0.3) is 0 Å². The van der Waals surface area contributed by atoms with E-state index in [0.717, 1.165) is 11.1 Å². The molecule has 0 heterocycles. The minimum Gasteiger partial charge on any atom is -0.465 e. The first-order valence-electron chi connectivity index (χ1n) is 11.2. The summed E-state index contributed by atoms with van der Waals surface area (Å²) in [7, 11) is -2.16. The number of aliphatic hydroxyl groups excluding tert-OH is 1. The van der Waals surface area contributed by atoms with Crippen LogP contribution in [0.25, 0.3) is 0 Å². The van der Waals surface area contributed by atoms with Gasteiger partial charge in [0.1, 0.15) is 0 Å². The van der Waals surface area contributed by atoms with Crippen LogP contribution in [-0.2, 0) is 4.43 Å². The van der Waals surface area contributed by atoms with Gasteiger partial charge in [-0.1, -0.05) is 75.4 Å². The van der Waals surface area contributed by atoms with Crippen LogP contribution in [0.2, 0.25) is 18.1 Å². The first-order chi connectivity index (χ1) is 14.6. The van der Waals surface area contributed by atoms with Gasteiger partial charge in [-0.3, -0.25) is 0 Å². The highest BCUT2D eigenvalue weighted by molar-refractivity contribution is 6.74. The molecule has 0 radical (unpaired) electrons. The van der Waals surface area contributed by atoms with Gasteiger partial charge in [-0.2, -0.15) is 0 Å². The number of nitrogens with zero attached hydrogens (tertiary/aromatic N) is 1. The molecule has 0 spiro atoms. The topological polar surface area (TPSA) is 70.0 Å². The molecule has 0 aliphatic rings. The van der Waals surface area contributed by atoms with Crippen molar-refractivity contribution >= 4 is 14.4 Å². The molecule has 0 fully saturated rings. The van der Waals surface area contributed by atoms with Gasteiger partial charge in [-0.15, -0.1) is 0 Å². The molecule has 6 heteroatoms. The second-order valence-electron chi connectivity index (χ2n) is 10.9. The van der Waals surface area contributed by atoms with Crippen LogP contribution in [0.4, 0.5) is 4.79 Å². The van der Waals surface area contributed by atoms with Crippen molar-refractivity contribution in [3.8, 4) is 0 Å². The number of benzene rings is 2. The van der Waals surface area contributed by atoms with E-state index in [9.17, 15) is 15.0 Å². The fraction of sp³-hybridized carbons (Fsp3) is 0.500. The Kier molecular flexibility index (Phi) is 7.97. The second-order valence-corrected chi connectivity index (χ2v) is 15.6. The van der Waals surface area contributed by atoms with Crippen molar-refractivity contribution in [3.63, 3.8) is 0 Å². The third kappa shape index (κ3) is 6.21. The molecular weight excluding hydrogens is 418 g/mol. The van der Waals surface area contributed by atoms with E-state index in [4.69, 9.17) is 4.43 Å². The second kappa shape index (κ2) is 9.77. The lowest BCUT2D eigenvalue weighted by Crippen LogP contribution is -2.47. The highest BCUT2D eigenvalue weighted by atomic mass is 28.4. The smallest absolute Gasteiger partial charge is 0.407 e. The Balaban J connectivity index is 2.54. The summed E-state index contributed by atoms with van der Waals surface area (Å²) < 4.78 is 6.88. The number of aliphatic hydroxyl groups is 1. The van der Waals surface area contributed by atoms with Crippen LogP contribution in [-0.4, -0.2) is 41.6 Å². The monoisotopic (exact) mass is 457 g/mol. The lowest BCUT2D eigenvalue weighted by Gasteiger charge is -2.40. The molecule has 2 atom stereocenters. The molecule has 2 aromatic rings. The number of rotatable bonds is 7. The van der Waals surface area contributed by atoms with E-state index in [1.54, 1.807) is 0 Å². The summed E-state index contributed by atoms with van der Waals surface area (Å²) in [4.78, 5) is 13.1. The zero-order valence-electron chi connectivity index (χ0n) is 20.7. The Labute approximate surface area is 194 Å². The third-order valence-corrected chi connectivity index (χ3v) is 10.8. The largest absolute Gasteiger partial charge is 0.465 e. The molecule has 0 aliphatic carbocycles. The Morgan fingerprint density at radius 3 is 1.91 bits per heavy atom. The molecular formula is C26H39NO4Si. The zero-order chi connectivity index (χ0) is 24.3. The maximum atomic E-state index is 11.8. The number of β-amino-alcohol motifs (C(OH)–C–C–N with tert-alkyl or cyclic N) is 1. The van der Waals surface area contributed by atoms with Crippen molar-refractivity contribution < 1.29 is 19.4 Å². The van der Waals surface area contributed by atoms with E-state index in [1.807, 2.05) is 75.4 Å². The maximum absolute atomic E-state index is 11.8. The normalized spacial score (nSPS) is 14.7. The Morgan fingerprint density at radius 1 is 0.938 bits per heavy atom. The third-order valence-electron chi connectivity index (χ3n) is 6.35. The van der Waals surface area contributed by atoms with E-state index >= 15 is 0 Å². The van der Waals surface area contributed by atoms with E-state index in [0.29, 0.717) is 5.56 Å². The molecule has 2 rings (SSSR count). The molecule has 0 saturated heterocycles. The van der Waals surface area contributed by atoms with Crippen LogP contribution in [0.1, 0.15) is 70.4 Å². The number of carboxylic acid groups (broad SMARTS) is 1. The standard InChI is InChI=1S/C26H39NO4Si/c1-25(2,3)27(24(29)30)18-22(28)20-16-12-13-17-21(20)23(19-14-10-9-11-15-19)31-32(7,8)26(4,5)6/h9-17,22-23,28H,18H2,1-8H3,(H,29,30). The minimum absolute atomic E-state index is 0.0138. The highest BCUT2D eigenvalue weighted by Crippen LogP contribution is 2.42.